The predicted octanol–water partition coefficient (Wildman–Crippen LogP) is 5.09. The summed E-state index contributed by atoms with van der Waals surface area (Å²) in [5.74, 6) is 0.520. The highest BCUT2D eigenvalue weighted by Gasteiger charge is 2.19. The van der Waals surface area contributed by atoms with Crippen molar-refractivity contribution < 1.29 is 14.3 Å². The molecule has 1 aromatic carbocycles. The third-order valence-corrected chi connectivity index (χ3v) is 5.34. The van der Waals surface area contributed by atoms with E-state index in [0.29, 0.717) is 48.7 Å². The van der Waals surface area contributed by atoms with Crippen molar-refractivity contribution in [3.05, 3.63) is 90.3 Å². The Balaban J connectivity index is 1.75. The summed E-state index contributed by atoms with van der Waals surface area (Å²) in [6.45, 7) is 9.32. The number of hydrogen-bond donors (Lipinski definition) is 2. The van der Waals surface area contributed by atoms with Crippen LogP contribution in [0.4, 0.5) is 11.4 Å². The van der Waals surface area contributed by atoms with Gasteiger partial charge in [0.15, 0.2) is 0 Å². The van der Waals surface area contributed by atoms with Crippen LogP contribution in [0.15, 0.2) is 73.6 Å². The van der Waals surface area contributed by atoms with Gasteiger partial charge in [-0.05, 0) is 50.1 Å². The van der Waals surface area contributed by atoms with Gasteiger partial charge in [-0.2, -0.15) is 10.4 Å². The Morgan fingerprint density at radius 3 is 2.78 bits per heavy atom. The Kier molecular flexibility index (Phi) is 9.86. The van der Waals surface area contributed by atoms with Crippen molar-refractivity contribution in [2.45, 2.75) is 20.3 Å². The summed E-state index contributed by atoms with van der Waals surface area (Å²) in [4.78, 5) is 12.7. The fraction of sp³-hybridized carbons (Fsp3) is 0.250. The van der Waals surface area contributed by atoms with E-state index in [-0.39, 0.29) is 5.91 Å². The van der Waals surface area contributed by atoms with Crippen LogP contribution in [0.2, 0.25) is 0 Å². The van der Waals surface area contributed by atoms with E-state index in [1.54, 1.807) is 16.8 Å². The Morgan fingerprint density at radius 1 is 1.25 bits per heavy atom. The minimum Gasteiger partial charge on any atom is -0.490 e. The van der Waals surface area contributed by atoms with Crippen molar-refractivity contribution in [2.24, 2.45) is 0 Å². The lowest BCUT2D eigenvalue weighted by Gasteiger charge is -2.12. The predicted molar refractivity (Wildman–Crippen MR) is 142 cm³/mol. The molecular formula is C28H31N5O3. The molecule has 0 saturated carbocycles. The summed E-state index contributed by atoms with van der Waals surface area (Å²) in [7, 11) is 0. The highest BCUT2D eigenvalue weighted by Crippen LogP contribution is 2.30. The summed E-state index contributed by atoms with van der Waals surface area (Å²) in [5, 5.41) is 20.2. The van der Waals surface area contributed by atoms with Gasteiger partial charge < -0.3 is 20.1 Å². The molecule has 0 spiro atoms. The molecule has 186 valence electrons. The molecular weight excluding hydrogens is 454 g/mol. The number of allylic oxidation sites excluding steroid dienone is 4. The minimum absolute atomic E-state index is 0.213. The number of ether oxygens (including phenoxy) is 2. The lowest BCUT2D eigenvalue weighted by atomic mass is 10.1. The number of hydrogen-bond acceptors (Lipinski definition) is 6. The average Bonchev–Trinajstić information content (AvgIpc) is 3.24. The maximum absolute atomic E-state index is 12.7. The molecule has 0 aliphatic carbocycles. The largest absolute Gasteiger partial charge is 0.490 e. The number of nitrogens with zero attached hydrogens (tertiary/aromatic N) is 3. The van der Waals surface area contributed by atoms with Crippen LogP contribution >= 0.6 is 0 Å². The number of anilines is 2. The molecule has 0 aliphatic heterocycles. The quantitative estimate of drug-likeness (QED) is 0.199. The van der Waals surface area contributed by atoms with Crippen LogP contribution in [0.25, 0.3) is 5.52 Å². The Labute approximate surface area is 211 Å². The minimum atomic E-state index is -0.213. The maximum Gasteiger partial charge on any atom is 0.253 e. The van der Waals surface area contributed by atoms with Crippen LogP contribution in [-0.4, -0.2) is 41.9 Å². The molecule has 0 fully saturated rings. The number of aryl methyl sites for hydroxylation is 1. The number of nitrogens with one attached hydrogen (secondary N) is 2. The Bertz CT molecular complexity index is 1280. The summed E-state index contributed by atoms with van der Waals surface area (Å²) in [6, 6.07) is 9.67. The first kappa shape index (κ1) is 26.3. The third-order valence-electron chi connectivity index (χ3n) is 5.34. The van der Waals surface area contributed by atoms with Crippen LogP contribution in [0.3, 0.4) is 0 Å². The lowest BCUT2D eigenvalue weighted by molar-refractivity contribution is 0.0922. The Morgan fingerprint density at radius 2 is 2.06 bits per heavy atom. The Hall–Kier alpha value is -4.35. The van der Waals surface area contributed by atoms with Gasteiger partial charge in [0.2, 0.25) is 0 Å². The van der Waals surface area contributed by atoms with Gasteiger partial charge in [-0.3, -0.25) is 4.79 Å². The number of aromatic nitrogens is 2. The van der Waals surface area contributed by atoms with Crippen molar-refractivity contribution in [2.75, 3.05) is 31.7 Å². The van der Waals surface area contributed by atoms with Crippen LogP contribution < -0.4 is 15.4 Å². The second kappa shape index (κ2) is 13.5. The molecule has 0 bridgehead atoms. The standard InChI is InChI=1S/C28H31N5O3/c1-4-6-7-8-9-10-16-36-24-13-11-23(12-14-24)32-26-22(18-29)19-31-33-20-25(21(3)27(26)33)28(34)30-15-17-35-5-2/h4,6-7,9-14,19-20,32H,1,5,8,15-17H2,2-3H3,(H,30,34)/b7-6-,10-9-. The highest BCUT2D eigenvalue weighted by atomic mass is 16.5. The van der Waals surface area contributed by atoms with Crippen molar-refractivity contribution in [1.82, 2.24) is 14.9 Å². The van der Waals surface area contributed by atoms with Gasteiger partial charge in [0, 0.05) is 25.0 Å². The number of amides is 1. The molecule has 36 heavy (non-hydrogen) atoms. The number of nitriles is 1. The molecule has 2 heterocycles. The van der Waals surface area contributed by atoms with Gasteiger partial charge in [0.05, 0.1) is 35.1 Å². The van der Waals surface area contributed by atoms with E-state index in [9.17, 15) is 10.1 Å². The average molecular weight is 486 g/mol. The van der Waals surface area contributed by atoms with E-state index in [0.717, 1.165) is 23.4 Å². The molecule has 3 aromatic rings. The van der Waals surface area contributed by atoms with Gasteiger partial charge >= 0.3 is 0 Å². The zero-order valence-electron chi connectivity index (χ0n) is 20.7. The first-order chi connectivity index (χ1) is 17.6. The van der Waals surface area contributed by atoms with Gasteiger partial charge in [-0.15, -0.1) is 0 Å². The molecule has 0 atom stereocenters. The van der Waals surface area contributed by atoms with E-state index in [2.05, 4.69) is 28.4 Å². The van der Waals surface area contributed by atoms with E-state index < -0.39 is 0 Å². The fourth-order valence-electron chi connectivity index (χ4n) is 3.55. The number of rotatable bonds is 13. The van der Waals surface area contributed by atoms with E-state index in [1.807, 2.05) is 62.4 Å². The molecule has 0 aliphatic rings. The molecule has 2 N–H and O–H groups in total. The van der Waals surface area contributed by atoms with Gasteiger partial charge in [0.1, 0.15) is 18.4 Å². The van der Waals surface area contributed by atoms with Crippen LogP contribution in [0.5, 0.6) is 5.75 Å². The molecule has 0 radical (unpaired) electrons. The maximum atomic E-state index is 12.7. The zero-order valence-corrected chi connectivity index (χ0v) is 20.7. The van der Waals surface area contributed by atoms with Crippen molar-refractivity contribution in [3.8, 4) is 11.8 Å². The lowest BCUT2D eigenvalue weighted by Crippen LogP contribution is -2.27. The molecule has 8 nitrogen and oxygen atoms in total. The monoisotopic (exact) mass is 485 g/mol. The van der Waals surface area contributed by atoms with E-state index in [1.165, 1.54) is 6.20 Å². The highest BCUT2D eigenvalue weighted by molar-refractivity contribution is 6.00. The molecule has 3 rings (SSSR count). The number of carbonyl (C=O) groups is 1. The number of fused-ring (bicyclic) bond motifs is 1. The van der Waals surface area contributed by atoms with Gasteiger partial charge in [-0.1, -0.05) is 37.0 Å². The van der Waals surface area contributed by atoms with Crippen LogP contribution in [0, 0.1) is 18.3 Å². The summed E-state index contributed by atoms with van der Waals surface area (Å²) >= 11 is 0. The number of benzene rings is 1. The first-order valence-electron chi connectivity index (χ1n) is 11.8. The van der Waals surface area contributed by atoms with Crippen molar-refractivity contribution >= 4 is 22.8 Å². The normalized spacial score (nSPS) is 11.1. The molecule has 0 saturated heterocycles. The second-order valence-electron chi connectivity index (χ2n) is 7.79. The van der Waals surface area contributed by atoms with E-state index in [4.69, 9.17) is 9.47 Å². The number of carbonyl (C=O) groups excluding carboxylic acids is 1. The molecule has 8 heteroatoms. The second-order valence-corrected chi connectivity index (χ2v) is 7.79. The van der Waals surface area contributed by atoms with Crippen LogP contribution in [-0.2, 0) is 4.74 Å². The van der Waals surface area contributed by atoms with Crippen LogP contribution in [0.1, 0.15) is 34.8 Å². The first-order valence-corrected chi connectivity index (χ1v) is 11.8. The molecule has 2 aromatic heterocycles. The third kappa shape index (κ3) is 6.84. The molecule has 1 amide bonds. The SMILES string of the molecule is C=C/C=C\C/C=C\COc1ccc(Nc2c(C#N)cnn3cc(C(=O)NCCOCC)c(C)c23)cc1. The van der Waals surface area contributed by atoms with Gasteiger partial charge in [-0.25, -0.2) is 4.52 Å². The molecule has 0 unspecified atom stereocenters. The topological polar surface area (TPSA) is 101 Å². The summed E-state index contributed by atoms with van der Waals surface area (Å²) in [5.41, 5.74) is 3.63. The summed E-state index contributed by atoms with van der Waals surface area (Å²) < 4.78 is 12.6. The van der Waals surface area contributed by atoms with Crippen molar-refractivity contribution in [1.29, 1.82) is 5.26 Å². The van der Waals surface area contributed by atoms with E-state index >= 15 is 0 Å². The zero-order chi connectivity index (χ0) is 25.8. The summed E-state index contributed by atoms with van der Waals surface area (Å²) in [6.07, 6.45) is 13.6. The fourth-order valence-corrected chi connectivity index (χ4v) is 3.55. The van der Waals surface area contributed by atoms with Gasteiger partial charge in [0.25, 0.3) is 5.91 Å². The van der Waals surface area contributed by atoms with Crippen molar-refractivity contribution in [3.63, 3.8) is 0 Å². The smallest absolute Gasteiger partial charge is 0.253 e.